The number of hydrogen-bond donors (Lipinski definition) is 1. The predicted octanol–water partition coefficient (Wildman–Crippen LogP) is 4.06. The zero-order valence-corrected chi connectivity index (χ0v) is 15.0. The van der Waals surface area contributed by atoms with Crippen LogP contribution in [0.1, 0.15) is 11.1 Å². The molecule has 0 aliphatic carbocycles. The lowest BCUT2D eigenvalue weighted by atomic mass is 10.1. The average Bonchev–Trinajstić information content (AvgIpc) is 2.68. The molecule has 5 nitrogen and oxygen atoms in total. The van der Waals surface area contributed by atoms with E-state index < -0.39 is 10.0 Å². The Bertz CT molecular complexity index is 999. The van der Waals surface area contributed by atoms with Gasteiger partial charge in [0.2, 0.25) is 0 Å². The lowest BCUT2D eigenvalue weighted by Gasteiger charge is -2.10. The van der Waals surface area contributed by atoms with Gasteiger partial charge in [-0.2, -0.15) is 0 Å². The second-order valence-electron chi connectivity index (χ2n) is 5.47. The Labute approximate surface area is 153 Å². The molecule has 1 aromatic heterocycles. The molecular formula is C20H18N2O3S. The average molecular weight is 366 g/mol. The Balaban J connectivity index is 1.86. The van der Waals surface area contributed by atoms with Gasteiger partial charge < -0.3 is 4.74 Å². The van der Waals surface area contributed by atoms with Crippen LogP contribution in [0.4, 0.5) is 5.82 Å². The van der Waals surface area contributed by atoms with E-state index in [1.807, 2.05) is 42.5 Å². The number of rotatable bonds is 6. The molecule has 3 rings (SSSR count). The highest BCUT2D eigenvalue weighted by Crippen LogP contribution is 2.21. The molecule has 1 heterocycles. The van der Waals surface area contributed by atoms with Crippen LogP contribution in [0.15, 0.2) is 77.8 Å². The number of aromatic nitrogens is 1. The molecule has 2 aromatic carbocycles. The van der Waals surface area contributed by atoms with Crippen molar-refractivity contribution < 1.29 is 13.2 Å². The maximum absolute atomic E-state index is 12.6. The fourth-order valence-corrected chi connectivity index (χ4v) is 3.37. The fourth-order valence-electron chi connectivity index (χ4n) is 2.33. The van der Waals surface area contributed by atoms with Gasteiger partial charge in [0, 0.05) is 11.8 Å². The van der Waals surface area contributed by atoms with Crippen molar-refractivity contribution in [2.24, 2.45) is 0 Å². The van der Waals surface area contributed by atoms with Crippen molar-refractivity contribution >= 4 is 28.0 Å². The van der Waals surface area contributed by atoms with E-state index in [4.69, 9.17) is 4.74 Å². The zero-order valence-electron chi connectivity index (χ0n) is 14.2. The Kier molecular flexibility index (Phi) is 5.34. The molecule has 0 spiro atoms. The number of nitrogens with zero attached hydrogens (tertiary/aromatic N) is 1. The molecule has 0 radical (unpaired) electrons. The van der Waals surface area contributed by atoms with Crippen LogP contribution in [0.5, 0.6) is 5.75 Å². The molecule has 0 aliphatic rings. The van der Waals surface area contributed by atoms with E-state index in [0.717, 1.165) is 5.56 Å². The number of pyridine rings is 1. The molecule has 3 aromatic rings. The number of anilines is 1. The second-order valence-corrected chi connectivity index (χ2v) is 7.15. The Morgan fingerprint density at radius 1 is 0.923 bits per heavy atom. The van der Waals surface area contributed by atoms with Crippen LogP contribution in [0, 0.1) is 0 Å². The summed E-state index contributed by atoms with van der Waals surface area (Å²) in [6, 6.07) is 19.5. The molecular weight excluding hydrogens is 348 g/mol. The van der Waals surface area contributed by atoms with Crippen LogP contribution in [0.2, 0.25) is 0 Å². The van der Waals surface area contributed by atoms with Crippen LogP contribution in [0.25, 0.3) is 12.2 Å². The van der Waals surface area contributed by atoms with Crippen molar-refractivity contribution in [3.05, 3.63) is 84.1 Å². The van der Waals surface area contributed by atoms with Gasteiger partial charge >= 0.3 is 0 Å². The lowest BCUT2D eigenvalue weighted by molar-refractivity contribution is 0.414. The van der Waals surface area contributed by atoms with Gasteiger partial charge in [0.1, 0.15) is 11.6 Å². The summed E-state index contributed by atoms with van der Waals surface area (Å²) in [4.78, 5) is 4.31. The van der Waals surface area contributed by atoms with Crippen molar-refractivity contribution in [1.29, 1.82) is 0 Å². The maximum atomic E-state index is 12.6. The SMILES string of the molecule is COc1ccc(S(=O)(=O)Nc2ncccc2C=Cc2ccccc2)cc1. The summed E-state index contributed by atoms with van der Waals surface area (Å²) in [6.07, 6.45) is 5.28. The summed E-state index contributed by atoms with van der Waals surface area (Å²) in [6.45, 7) is 0. The van der Waals surface area contributed by atoms with Gasteiger partial charge in [-0.15, -0.1) is 0 Å². The number of ether oxygens (including phenoxy) is 1. The third kappa shape index (κ3) is 4.29. The minimum Gasteiger partial charge on any atom is -0.497 e. The normalized spacial score (nSPS) is 11.4. The first-order valence-corrected chi connectivity index (χ1v) is 9.42. The van der Waals surface area contributed by atoms with E-state index in [-0.39, 0.29) is 10.7 Å². The number of sulfonamides is 1. The molecule has 0 aliphatic heterocycles. The minimum absolute atomic E-state index is 0.141. The van der Waals surface area contributed by atoms with E-state index in [9.17, 15) is 8.42 Å². The van der Waals surface area contributed by atoms with Gasteiger partial charge in [0.05, 0.1) is 12.0 Å². The van der Waals surface area contributed by atoms with Crippen LogP contribution in [-0.4, -0.2) is 20.5 Å². The van der Waals surface area contributed by atoms with E-state index in [1.54, 1.807) is 30.5 Å². The van der Waals surface area contributed by atoms with Crippen LogP contribution in [0.3, 0.4) is 0 Å². The van der Waals surface area contributed by atoms with Gasteiger partial charge in [-0.1, -0.05) is 42.5 Å². The number of nitrogens with one attached hydrogen (secondary N) is 1. The quantitative estimate of drug-likeness (QED) is 0.714. The summed E-state index contributed by atoms with van der Waals surface area (Å²) in [5, 5.41) is 0. The topological polar surface area (TPSA) is 68.3 Å². The first-order chi connectivity index (χ1) is 12.6. The monoisotopic (exact) mass is 366 g/mol. The summed E-state index contributed by atoms with van der Waals surface area (Å²) in [7, 11) is -2.22. The summed E-state index contributed by atoms with van der Waals surface area (Å²) < 4.78 is 32.8. The zero-order chi connectivity index (χ0) is 18.4. The molecule has 0 saturated carbocycles. The van der Waals surface area contributed by atoms with E-state index in [1.165, 1.54) is 19.2 Å². The molecule has 132 valence electrons. The molecule has 1 N–H and O–H groups in total. The van der Waals surface area contributed by atoms with E-state index >= 15 is 0 Å². The van der Waals surface area contributed by atoms with Crippen molar-refractivity contribution in [1.82, 2.24) is 4.98 Å². The minimum atomic E-state index is -3.75. The molecule has 0 unspecified atom stereocenters. The molecule has 0 saturated heterocycles. The van der Waals surface area contributed by atoms with Crippen molar-refractivity contribution in [2.45, 2.75) is 4.90 Å². The lowest BCUT2D eigenvalue weighted by Crippen LogP contribution is -2.14. The van der Waals surface area contributed by atoms with Crippen molar-refractivity contribution in [2.75, 3.05) is 11.8 Å². The molecule has 6 heteroatoms. The highest BCUT2D eigenvalue weighted by atomic mass is 32.2. The predicted molar refractivity (Wildman–Crippen MR) is 103 cm³/mol. The van der Waals surface area contributed by atoms with Gasteiger partial charge in [0.25, 0.3) is 10.0 Å². The third-order valence-electron chi connectivity index (χ3n) is 3.69. The van der Waals surface area contributed by atoms with Gasteiger partial charge in [-0.25, -0.2) is 13.4 Å². The fraction of sp³-hybridized carbons (Fsp3) is 0.0500. The maximum Gasteiger partial charge on any atom is 0.263 e. The standard InChI is InChI=1S/C20H18N2O3S/c1-25-18-11-13-19(14-12-18)26(23,24)22-20-17(8-5-15-21-20)10-9-16-6-3-2-4-7-16/h2-15H,1H3,(H,21,22). The second kappa shape index (κ2) is 7.84. The van der Waals surface area contributed by atoms with E-state index in [0.29, 0.717) is 11.3 Å². The molecule has 0 amide bonds. The van der Waals surface area contributed by atoms with Crippen LogP contribution >= 0.6 is 0 Å². The highest BCUT2D eigenvalue weighted by Gasteiger charge is 2.16. The first kappa shape index (κ1) is 17.7. The summed E-state index contributed by atoms with van der Waals surface area (Å²) in [5.74, 6) is 0.865. The number of methoxy groups -OCH3 is 1. The molecule has 0 atom stereocenters. The van der Waals surface area contributed by atoms with Crippen molar-refractivity contribution in [3.63, 3.8) is 0 Å². The molecule has 0 bridgehead atoms. The highest BCUT2D eigenvalue weighted by molar-refractivity contribution is 7.92. The van der Waals surface area contributed by atoms with Crippen LogP contribution in [-0.2, 0) is 10.0 Å². The summed E-state index contributed by atoms with van der Waals surface area (Å²) >= 11 is 0. The van der Waals surface area contributed by atoms with Gasteiger partial charge in [0.15, 0.2) is 0 Å². The number of benzene rings is 2. The molecule has 26 heavy (non-hydrogen) atoms. The third-order valence-corrected chi connectivity index (χ3v) is 5.05. The molecule has 0 fully saturated rings. The van der Waals surface area contributed by atoms with Gasteiger partial charge in [-0.05, 0) is 42.0 Å². The van der Waals surface area contributed by atoms with Crippen molar-refractivity contribution in [3.8, 4) is 5.75 Å². The Hall–Kier alpha value is -3.12. The van der Waals surface area contributed by atoms with Gasteiger partial charge in [-0.3, -0.25) is 4.72 Å². The van der Waals surface area contributed by atoms with Crippen LogP contribution < -0.4 is 9.46 Å². The Morgan fingerprint density at radius 3 is 2.35 bits per heavy atom. The summed E-state index contributed by atoms with van der Waals surface area (Å²) in [5.41, 5.74) is 1.69. The van der Waals surface area contributed by atoms with E-state index in [2.05, 4.69) is 9.71 Å². The Morgan fingerprint density at radius 2 is 1.65 bits per heavy atom. The smallest absolute Gasteiger partial charge is 0.263 e. The first-order valence-electron chi connectivity index (χ1n) is 7.93. The number of hydrogen-bond acceptors (Lipinski definition) is 4. The largest absolute Gasteiger partial charge is 0.497 e.